The van der Waals surface area contributed by atoms with Gasteiger partial charge >= 0.3 is 12.1 Å². The Morgan fingerprint density at radius 1 is 0.946 bits per heavy atom. The fourth-order valence-electron chi connectivity index (χ4n) is 3.91. The molecular formula is C26H19F3N2O6. The minimum absolute atomic E-state index is 0.0103. The number of anilines is 2. The molecule has 11 heteroatoms. The number of halogens is 3. The van der Waals surface area contributed by atoms with Crippen LogP contribution in [-0.2, 0) is 22.2 Å². The van der Waals surface area contributed by atoms with E-state index in [2.05, 4.69) is 9.72 Å². The Bertz CT molecular complexity index is 1570. The van der Waals surface area contributed by atoms with E-state index in [9.17, 15) is 32.3 Å². The highest BCUT2D eigenvalue weighted by molar-refractivity contribution is 6.04. The average molecular weight is 512 g/mol. The minimum Gasteiger partial charge on any atom is -0.465 e. The summed E-state index contributed by atoms with van der Waals surface area (Å²) in [5.74, 6) is -1.52. The maximum Gasteiger partial charge on any atom is 0.433 e. The number of Topliss-reactive ketones (excluding diaryl/α,β-unsaturated/α-hetero) is 1. The number of aryl methyl sites for hydroxylation is 1. The quantitative estimate of drug-likeness (QED) is 0.150. The van der Waals surface area contributed by atoms with E-state index in [1.54, 1.807) is 12.1 Å². The largest absolute Gasteiger partial charge is 0.465 e. The molecule has 3 aromatic carbocycles. The molecule has 0 saturated carbocycles. The molecule has 0 spiro atoms. The topological polar surface area (TPSA) is 103 Å². The Labute approximate surface area is 207 Å². The summed E-state index contributed by atoms with van der Waals surface area (Å²) in [6, 6.07) is 12.3. The fraction of sp³-hybridized carbons (Fsp3) is 0.192. The number of benzene rings is 2. The fourth-order valence-corrected chi connectivity index (χ4v) is 3.91. The van der Waals surface area contributed by atoms with E-state index in [0.29, 0.717) is 17.2 Å². The molecule has 0 aliphatic heterocycles. The number of nitrogens with zero attached hydrogens (tertiary/aromatic N) is 2. The summed E-state index contributed by atoms with van der Waals surface area (Å²) in [6.45, 7) is 0. The molecule has 0 unspecified atom stereocenters. The smallest absolute Gasteiger partial charge is 0.433 e. The van der Waals surface area contributed by atoms with E-state index in [1.807, 2.05) is 0 Å². The molecule has 0 saturated heterocycles. The third-order valence-electron chi connectivity index (χ3n) is 5.80. The first kappa shape index (κ1) is 25.7. The number of pyridine rings is 1. The molecule has 0 amide bonds. The average Bonchev–Trinajstić information content (AvgIpc) is 2.90. The molecule has 0 N–H and O–H groups in total. The van der Waals surface area contributed by atoms with Gasteiger partial charge in [0.25, 0.3) is 0 Å². The number of fused-ring (bicyclic) bond motifs is 1. The number of ketones is 1. The first-order valence-electron chi connectivity index (χ1n) is 10.9. The summed E-state index contributed by atoms with van der Waals surface area (Å²) in [5.41, 5.74) is -1.95. The van der Waals surface area contributed by atoms with Gasteiger partial charge in [0.1, 0.15) is 5.69 Å². The molecule has 0 bridgehead atoms. The lowest BCUT2D eigenvalue weighted by atomic mass is 10.0. The second-order valence-corrected chi connectivity index (χ2v) is 8.01. The number of hydrogen-bond donors (Lipinski definition) is 0. The highest BCUT2D eigenvalue weighted by Crippen LogP contribution is 2.35. The Hall–Kier alpha value is -4.38. The van der Waals surface area contributed by atoms with E-state index >= 15 is 0 Å². The Morgan fingerprint density at radius 3 is 2.27 bits per heavy atom. The normalized spacial score (nSPS) is 11.6. The number of methoxy groups -OCH3 is 1. The van der Waals surface area contributed by atoms with Gasteiger partial charge in [-0.15, -0.1) is 0 Å². The molecule has 1 aromatic heterocycles. The lowest BCUT2D eigenvalue weighted by molar-refractivity contribution is -0.141. The molecular weight excluding hydrogens is 493 g/mol. The molecule has 0 atom stereocenters. The van der Waals surface area contributed by atoms with E-state index in [0.717, 1.165) is 18.2 Å². The van der Waals surface area contributed by atoms with Gasteiger partial charge in [-0.2, -0.15) is 13.2 Å². The van der Waals surface area contributed by atoms with Crippen molar-refractivity contribution in [3.05, 3.63) is 97.4 Å². The number of esters is 1. The van der Waals surface area contributed by atoms with Crippen LogP contribution in [0.3, 0.4) is 0 Å². The van der Waals surface area contributed by atoms with Crippen molar-refractivity contribution in [1.29, 1.82) is 0 Å². The zero-order valence-electron chi connectivity index (χ0n) is 19.6. The Kier molecular flexibility index (Phi) is 6.90. The van der Waals surface area contributed by atoms with Crippen LogP contribution in [0.25, 0.3) is 10.8 Å². The molecule has 190 valence electrons. The van der Waals surface area contributed by atoms with Crippen molar-refractivity contribution in [2.75, 3.05) is 19.3 Å². The monoisotopic (exact) mass is 512 g/mol. The number of hydrogen-bond acceptors (Lipinski definition) is 8. The first-order valence-corrected chi connectivity index (χ1v) is 10.9. The van der Waals surface area contributed by atoms with Crippen molar-refractivity contribution in [2.24, 2.45) is 0 Å². The van der Waals surface area contributed by atoms with Gasteiger partial charge in [0.15, 0.2) is 11.6 Å². The molecule has 0 aliphatic rings. The number of alkyl halides is 3. The van der Waals surface area contributed by atoms with Gasteiger partial charge in [0.2, 0.25) is 10.9 Å². The summed E-state index contributed by atoms with van der Waals surface area (Å²) in [6.07, 6.45) is -4.69. The van der Waals surface area contributed by atoms with Crippen LogP contribution in [-0.4, -0.2) is 31.0 Å². The highest BCUT2D eigenvalue weighted by atomic mass is 19.4. The van der Waals surface area contributed by atoms with Gasteiger partial charge in [0.05, 0.1) is 36.4 Å². The van der Waals surface area contributed by atoms with Crippen LogP contribution in [0.5, 0.6) is 0 Å². The molecule has 0 radical (unpaired) electrons. The maximum atomic E-state index is 13.5. The molecule has 0 aliphatic carbocycles. The molecule has 0 fully saturated rings. The number of rotatable bonds is 8. The number of ether oxygens (including phenoxy) is 1. The Morgan fingerprint density at radius 2 is 1.65 bits per heavy atom. The van der Waals surface area contributed by atoms with Crippen molar-refractivity contribution < 1.29 is 32.3 Å². The van der Waals surface area contributed by atoms with Gasteiger partial charge in [-0.05, 0) is 42.3 Å². The van der Waals surface area contributed by atoms with E-state index in [-0.39, 0.29) is 34.9 Å². The number of aromatic nitrogens is 1. The second-order valence-electron chi connectivity index (χ2n) is 8.01. The minimum atomic E-state index is -4.81. The van der Waals surface area contributed by atoms with Gasteiger partial charge in [-0.1, -0.05) is 24.3 Å². The van der Waals surface area contributed by atoms with Gasteiger partial charge in [-0.3, -0.25) is 19.2 Å². The molecule has 1 heterocycles. The van der Waals surface area contributed by atoms with E-state index < -0.39 is 40.3 Å². The summed E-state index contributed by atoms with van der Waals surface area (Å²) >= 11 is 0. The lowest BCUT2D eigenvalue weighted by Crippen LogP contribution is -2.33. The third-order valence-corrected chi connectivity index (χ3v) is 5.80. The Balaban J connectivity index is 1.71. The SMILES string of the molecule is COC(=O)c1ccc(CCC(=O)c2ccc(C(F)(F)F)nc2N(OC)c2cccc3c(=O)c(=O)c23)cc1. The van der Waals surface area contributed by atoms with Crippen LogP contribution >= 0.6 is 0 Å². The van der Waals surface area contributed by atoms with Crippen molar-refractivity contribution in [2.45, 2.75) is 19.0 Å². The van der Waals surface area contributed by atoms with E-state index in [1.165, 1.54) is 37.4 Å². The number of carbonyl (C=O) groups is 2. The highest BCUT2D eigenvalue weighted by Gasteiger charge is 2.35. The summed E-state index contributed by atoms with van der Waals surface area (Å²) in [5, 5.41) is 0.911. The van der Waals surface area contributed by atoms with Crippen molar-refractivity contribution in [3.8, 4) is 0 Å². The molecule has 8 nitrogen and oxygen atoms in total. The first-order chi connectivity index (χ1) is 17.6. The zero-order chi connectivity index (χ0) is 26.9. The van der Waals surface area contributed by atoms with Crippen molar-refractivity contribution >= 4 is 34.0 Å². The molecule has 4 aromatic rings. The van der Waals surface area contributed by atoms with Gasteiger partial charge in [-0.25, -0.2) is 14.8 Å². The molecule has 4 rings (SSSR count). The standard InChI is InChI=1S/C26H19F3N2O6/c1-36-25(35)15-9-6-14(7-10-15)8-12-19(32)16-11-13-20(26(27,28)29)30-24(16)31(37-2)18-5-3-4-17-21(18)23(34)22(17)33/h3-7,9-11,13H,8,12H2,1-2H3. The van der Waals surface area contributed by atoms with Crippen molar-refractivity contribution in [3.63, 3.8) is 0 Å². The predicted molar refractivity (Wildman–Crippen MR) is 128 cm³/mol. The molecule has 37 heavy (non-hydrogen) atoms. The van der Waals surface area contributed by atoms with Crippen LogP contribution in [0.1, 0.15) is 38.4 Å². The summed E-state index contributed by atoms with van der Waals surface area (Å²) in [7, 11) is 2.40. The van der Waals surface area contributed by atoms with E-state index in [4.69, 9.17) is 4.84 Å². The van der Waals surface area contributed by atoms with Crippen LogP contribution in [0.15, 0.2) is 64.2 Å². The van der Waals surface area contributed by atoms with Crippen LogP contribution in [0.2, 0.25) is 0 Å². The van der Waals surface area contributed by atoms with Crippen LogP contribution in [0.4, 0.5) is 24.7 Å². The van der Waals surface area contributed by atoms with Crippen LogP contribution in [0, 0.1) is 0 Å². The summed E-state index contributed by atoms with van der Waals surface area (Å²) < 4.78 is 45.1. The van der Waals surface area contributed by atoms with Gasteiger partial charge < -0.3 is 4.74 Å². The maximum absolute atomic E-state index is 13.5. The zero-order valence-corrected chi connectivity index (χ0v) is 19.6. The van der Waals surface area contributed by atoms with Crippen LogP contribution < -0.4 is 15.9 Å². The van der Waals surface area contributed by atoms with Gasteiger partial charge in [0, 0.05) is 11.8 Å². The second kappa shape index (κ2) is 9.94. The summed E-state index contributed by atoms with van der Waals surface area (Å²) in [4.78, 5) is 57.7. The predicted octanol–water partition coefficient (Wildman–Crippen LogP) is 4.15. The number of carbonyl (C=O) groups excluding carboxylic acids is 2. The lowest BCUT2D eigenvalue weighted by Gasteiger charge is -2.25. The van der Waals surface area contributed by atoms with Crippen molar-refractivity contribution in [1.82, 2.24) is 4.98 Å². The third kappa shape index (κ3) is 4.85.